The number of rotatable bonds is 7. The van der Waals surface area contributed by atoms with E-state index in [0.29, 0.717) is 16.8 Å². The number of nitrogens with one attached hydrogen (secondary N) is 1. The summed E-state index contributed by atoms with van der Waals surface area (Å²) in [6, 6.07) is 15.1. The Bertz CT molecular complexity index is 963. The quantitative estimate of drug-likeness (QED) is 0.469. The zero-order valence-corrected chi connectivity index (χ0v) is 17.3. The first-order valence-electron chi connectivity index (χ1n) is 9.00. The minimum atomic E-state index is -0.220. The zero-order chi connectivity index (χ0) is 19.9. The van der Waals surface area contributed by atoms with Crippen molar-refractivity contribution in [1.29, 1.82) is 0 Å². The third-order valence-corrected chi connectivity index (χ3v) is 5.06. The molecular formula is C22H21ClN2O2S. The summed E-state index contributed by atoms with van der Waals surface area (Å²) in [5, 5.41) is 4.08. The lowest BCUT2D eigenvalue weighted by Gasteiger charge is -2.04. The van der Waals surface area contributed by atoms with Crippen LogP contribution in [-0.4, -0.2) is 17.5 Å². The highest BCUT2D eigenvalue weighted by atomic mass is 35.5. The summed E-state index contributed by atoms with van der Waals surface area (Å²) in [6.07, 6.45) is 4.23. The van der Waals surface area contributed by atoms with Gasteiger partial charge in [-0.1, -0.05) is 42.8 Å². The van der Waals surface area contributed by atoms with E-state index in [1.54, 1.807) is 6.08 Å². The number of nitrogens with zero attached hydrogens (tertiary/aromatic N) is 1. The third kappa shape index (κ3) is 5.44. The topological polar surface area (TPSA) is 51.2 Å². The normalized spacial score (nSPS) is 11.0. The predicted octanol–water partition coefficient (Wildman–Crippen LogP) is 6.21. The van der Waals surface area contributed by atoms with Crippen LogP contribution in [0.15, 0.2) is 54.6 Å². The number of anilines is 1. The van der Waals surface area contributed by atoms with Crippen molar-refractivity contribution < 1.29 is 9.53 Å². The van der Waals surface area contributed by atoms with Gasteiger partial charge >= 0.3 is 0 Å². The highest BCUT2D eigenvalue weighted by Gasteiger charge is 2.11. The van der Waals surface area contributed by atoms with E-state index in [0.717, 1.165) is 33.9 Å². The van der Waals surface area contributed by atoms with Crippen molar-refractivity contribution in [3.8, 4) is 17.0 Å². The minimum Gasteiger partial charge on any atom is -0.494 e. The first kappa shape index (κ1) is 20.1. The molecule has 1 heterocycles. The Hall–Kier alpha value is -2.63. The number of ether oxygens (including phenoxy) is 1. The SMILES string of the molecule is CCCOc1ccc(/C=C/C(=O)Nc2nc(-c3ccc(Cl)cc3)c(C)s2)cc1. The molecule has 4 nitrogen and oxygen atoms in total. The molecule has 1 amide bonds. The van der Waals surface area contributed by atoms with Crippen LogP contribution in [0.25, 0.3) is 17.3 Å². The second-order valence-electron chi connectivity index (χ2n) is 6.17. The van der Waals surface area contributed by atoms with E-state index in [2.05, 4.69) is 17.2 Å². The lowest BCUT2D eigenvalue weighted by atomic mass is 10.1. The molecule has 0 radical (unpaired) electrons. The van der Waals surface area contributed by atoms with Gasteiger partial charge in [0.25, 0.3) is 0 Å². The number of thiazole rings is 1. The second kappa shape index (κ2) is 9.53. The van der Waals surface area contributed by atoms with Crippen molar-refractivity contribution in [1.82, 2.24) is 4.98 Å². The van der Waals surface area contributed by atoms with Crippen LogP contribution in [0.4, 0.5) is 5.13 Å². The van der Waals surface area contributed by atoms with Crippen molar-refractivity contribution in [3.63, 3.8) is 0 Å². The molecule has 0 atom stereocenters. The summed E-state index contributed by atoms with van der Waals surface area (Å²) >= 11 is 7.39. The predicted molar refractivity (Wildman–Crippen MR) is 117 cm³/mol. The summed E-state index contributed by atoms with van der Waals surface area (Å²) in [5.74, 6) is 0.610. The Morgan fingerprint density at radius 2 is 1.89 bits per heavy atom. The largest absolute Gasteiger partial charge is 0.494 e. The van der Waals surface area contributed by atoms with Crippen molar-refractivity contribution in [3.05, 3.63) is 70.1 Å². The van der Waals surface area contributed by atoms with E-state index in [-0.39, 0.29) is 5.91 Å². The Kier molecular flexibility index (Phi) is 6.85. The summed E-state index contributed by atoms with van der Waals surface area (Å²) < 4.78 is 5.55. The number of carbonyl (C=O) groups excluding carboxylic acids is 1. The monoisotopic (exact) mass is 412 g/mol. The first-order chi connectivity index (χ1) is 13.5. The lowest BCUT2D eigenvalue weighted by molar-refractivity contribution is -0.111. The highest BCUT2D eigenvalue weighted by molar-refractivity contribution is 7.16. The van der Waals surface area contributed by atoms with Crippen LogP contribution in [0.2, 0.25) is 5.02 Å². The molecule has 0 aliphatic carbocycles. The fourth-order valence-electron chi connectivity index (χ4n) is 2.54. The number of carbonyl (C=O) groups is 1. The van der Waals surface area contributed by atoms with E-state index < -0.39 is 0 Å². The van der Waals surface area contributed by atoms with Crippen LogP contribution in [0.3, 0.4) is 0 Å². The van der Waals surface area contributed by atoms with Gasteiger partial charge in [0.05, 0.1) is 12.3 Å². The minimum absolute atomic E-state index is 0.220. The first-order valence-corrected chi connectivity index (χ1v) is 10.2. The fraction of sp³-hybridized carbons (Fsp3) is 0.182. The molecule has 0 saturated heterocycles. The Morgan fingerprint density at radius 3 is 2.57 bits per heavy atom. The summed E-state index contributed by atoms with van der Waals surface area (Å²) in [5.41, 5.74) is 2.75. The fourth-order valence-corrected chi connectivity index (χ4v) is 3.50. The summed E-state index contributed by atoms with van der Waals surface area (Å²) in [6.45, 7) is 4.75. The molecular weight excluding hydrogens is 392 g/mol. The van der Waals surface area contributed by atoms with Crippen LogP contribution in [-0.2, 0) is 4.79 Å². The van der Waals surface area contributed by atoms with Gasteiger partial charge in [0.15, 0.2) is 5.13 Å². The number of hydrogen-bond donors (Lipinski definition) is 1. The van der Waals surface area contributed by atoms with Crippen LogP contribution >= 0.6 is 22.9 Å². The Labute approximate surface area is 173 Å². The van der Waals surface area contributed by atoms with Gasteiger partial charge in [0.1, 0.15) is 5.75 Å². The molecule has 0 fully saturated rings. The molecule has 0 unspecified atom stereocenters. The van der Waals surface area contributed by atoms with Gasteiger partial charge in [-0.3, -0.25) is 10.1 Å². The number of hydrogen-bond acceptors (Lipinski definition) is 4. The number of aryl methyl sites for hydroxylation is 1. The average Bonchev–Trinajstić information content (AvgIpc) is 3.06. The van der Waals surface area contributed by atoms with Gasteiger partial charge in [-0.2, -0.15) is 0 Å². The lowest BCUT2D eigenvalue weighted by Crippen LogP contribution is -2.07. The molecule has 1 N–H and O–H groups in total. The van der Waals surface area contributed by atoms with E-state index in [4.69, 9.17) is 16.3 Å². The third-order valence-electron chi connectivity index (χ3n) is 3.92. The van der Waals surface area contributed by atoms with Gasteiger partial charge in [-0.15, -0.1) is 11.3 Å². The average molecular weight is 413 g/mol. The molecule has 28 heavy (non-hydrogen) atoms. The molecule has 0 aliphatic rings. The van der Waals surface area contributed by atoms with Crippen molar-refractivity contribution in [2.75, 3.05) is 11.9 Å². The summed E-state index contributed by atoms with van der Waals surface area (Å²) in [7, 11) is 0. The standard InChI is InChI=1S/C22H21ClN2O2S/c1-3-14-27-19-11-4-16(5-12-19)6-13-20(26)24-22-25-21(15(2)28-22)17-7-9-18(23)10-8-17/h4-13H,3,14H2,1-2H3,(H,24,25,26)/b13-6+. The maximum Gasteiger partial charge on any atom is 0.250 e. The molecule has 6 heteroatoms. The molecule has 3 rings (SSSR count). The van der Waals surface area contributed by atoms with Crippen LogP contribution in [0, 0.1) is 6.92 Å². The number of amides is 1. The molecule has 0 bridgehead atoms. The Balaban J connectivity index is 1.62. The van der Waals surface area contributed by atoms with Crippen LogP contribution in [0.1, 0.15) is 23.8 Å². The van der Waals surface area contributed by atoms with E-state index in [9.17, 15) is 4.79 Å². The van der Waals surface area contributed by atoms with Crippen molar-refractivity contribution in [2.24, 2.45) is 0 Å². The van der Waals surface area contributed by atoms with Crippen molar-refractivity contribution in [2.45, 2.75) is 20.3 Å². The van der Waals surface area contributed by atoms with Gasteiger partial charge in [0.2, 0.25) is 5.91 Å². The number of benzene rings is 2. The maximum absolute atomic E-state index is 12.2. The van der Waals surface area contributed by atoms with Gasteiger partial charge < -0.3 is 4.74 Å². The van der Waals surface area contributed by atoms with Crippen molar-refractivity contribution >= 4 is 40.1 Å². The van der Waals surface area contributed by atoms with Crippen LogP contribution in [0.5, 0.6) is 5.75 Å². The highest BCUT2D eigenvalue weighted by Crippen LogP contribution is 2.31. The van der Waals surface area contributed by atoms with E-state index >= 15 is 0 Å². The van der Waals surface area contributed by atoms with E-state index in [1.165, 1.54) is 17.4 Å². The molecule has 0 aliphatic heterocycles. The second-order valence-corrected chi connectivity index (χ2v) is 7.81. The molecule has 144 valence electrons. The molecule has 1 aromatic heterocycles. The number of halogens is 1. The van der Waals surface area contributed by atoms with E-state index in [1.807, 2.05) is 55.5 Å². The number of aromatic nitrogens is 1. The van der Waals surface area contributed by atoms with Gasteiger partial charge in [0, 0.05) is 21.5 Å². The zero-order valence-electron chi connectivity index (χ0n) is 15.7. The molecule has 2 aromatic carbocycles. The molecule has 0 saturated carbocycles. The summed E-state index contributed by atoms with van der Waals surface area (Å²) in [4.78, 5) is 17.8. The van der Waals surface area contributed by atoms with Gasteiger partial charge in [-0.25, -0.2) is 4.98 Å². The molecule has 3 aromatic rings. The smallest absolute Gasteiger partial charge is 0.250 e. The Morgan fingerprint density at radius 1 is 1.18 bits per heavy atom. The maximum atomic E-state index is 12.2. The molecule has 0 spiro atoms. The van der Waals surface area contributed by atoms with Gasteiger partial charge in [-0.05, 0) is 49.2 Å². The van der Waals surface area contributed by atoms with Crippen LogP contribution < -0.4 is 10.1 Å².